The van der Waals surface area contributed by atoms with Crippen LogP contribution in [0.4, 0.5) is 4.79 Å². The second-order valence-corrected chi connectivity index (χ2v) is 7.02. The molecule has 24 heavy (non-hydrogen) atoms. The predicted octanol–water partition coefficient (Wildman–Crippen LogP) is 3.29. The first-order valence-corrected chi connectivity index (χ1v) is 9.13. The summed E-state index contributed by atoms with van der Waals surface area (Å²) in [7, 11) is 0. The van der Waals surface area contributed by atoms with E-state index in [2.05, 4.69) is 21.8 Å². The Morgan fingerprint density at radius 1 is 1.29 bits per heavy atom. The molecule has 130 valence electrons. The number of nitrogens with zero attached hydrogens (tertiary/aromatic N) is 2. The molecule has 3 N–H and O–H groups in total. The Balaban J connectivity index is 2.18. The lowest BCUT2D eigenvalue weighted by atomic mass is 10.2. The first-order chi connectivity index (χ1) is 11.5. The minimum atomic E-state index is -0.833. The molecule has 0 aliphatic rings. The van der Waals surface area contributed by atoms with Crippen LogP contribution in [-0.2, 0) is 11.3 Å². The van der Waals surface area contributed by atoms with Crippen molar-refractivity contribution in [3.05, 3.63) is 24.3 Å². The average Bonchev–Trinajstić information content (AvgIpc) is 2.88. The second-order valence-electron chi connectivity index (χ2n) is 5.71. The number of aromatic nitrogens is 2. The minimum absolute atomic E-state index is 0.405. The van der Waals surface area contributed by atoms with E-state index in [1.54, 1.807) is 6.92 Å². The van der Waals surface area contributed by atoms with Crippen LogP contribution < -0.4 is 11.1 Å². The molecule has 7 heteroatoms. The van der Waals surface area contributed by atoms with Crippen molar-refractivity contribution in [1.82, 2.24) is 14.9 Å². The number of thioether (sulfide) groups is 1. The summed E-state index contributed by atoms with van der Waals surface area (Å²) in [4.78, 5) is 27.4. The molecule has 0 saturated heterocycles. The summed E-state index contributed by atoms with van der Waals surface area (Å²) < 4.78 is 2.16. The van der Waals surface area contributed by atoms with Gasteiger partial charge in [0.15, 0.2) is 5.16 Å². The van der Waals surface area contributed by atoms with E-state index in [9.17, 15) is 9.59 Å². The summed E-state index contributed by atoms with van der Waals surface area (Å²) in [6, 6.07) is 7.12. The number of carbonyl (C=O) groups excluding carboxylic acids is 2. The number of amides is 3. The normalized spacial score (nSPS) is 12.2. The van der Waals surface area contributed by atoms with Crippen LogP contribution in [0.25, 0.3) is 11.0 Å². The molecular formula is C17H24N4O2S. The van der Waals surface area contributed by atoms with Gasteiger partial charge in [0, 0.05) is 6.54 Å². The highest BCUT2D eigenvalue weighted by Gasteiger charge is 2.20. The highest BCUT2D eigenvalue weighted by molar-refractivity contribution is 8.00. The largest absolute Gasteiger partial charge is 0.351 e. The third-order valence-electron chi connectivity index (χ3n) is 3.75. The third-order valence-corrected chi connectivity index (χ3v) is 4.84. The van der Waals surface area contributed by atoms with E-state index in [4.69, 9.17) is 5.73 Å². The van der Waals surface area contributed by atoms with Crippen molar-refractivity contribution in [1.29, 1.82) is 0 Å². The fraction of sp³-hybridized carbons (Fsp3) is 0.471. The van der Waals surface area contributed by atoms with Gasteiger partial charge in [0.25, 0.3) is 0 Å². The number of hydrogen-bond donors (Lipinski definition) is 2. The number of benzene rings is 1. The molecule has 0 fully saturated rings. The Morgan fingerprint density at radius 3 is 2.75 bits per heavy atom. The maximum Gasteiger partial charge on any atom is 0.318 e. The van der Waals surface area contributed by atoms with Gasteiger partial charge >= 0.3 is 6.03 Å². The van der Waals surface area contributed by atoms with Crippen molar-refractivity contribution >= 4 is 34.7 Å². The van der Waals surface area contributed by atoms with Crippen LogP contribution in [0.1, 0.15) is 39.5 Å². The SMILES string of the molecule is CCCCCCn1c(SC(C)C(=O)NC(N)=O)nc2ccccc21. The van der Waals surface area contributed by atoms with E-state index < -0.39 is 17.2 Å². The van der Waals surface area contributed by atoms with Gasteiger partial charge in [-0.05, 0) is 25.5 Å². The van der Waals surface area contributed by atoms with Gasteiger partial charge in [0.05, 0.1) is 16.3 Å². The highest BCUT2D eigenvalue weighted by atomic mass is 32.2. The quantitative estimate of drug-likeness (QED) is 0.566. The molecule has 1 aromatic carbocycles. The molecule has 0 spiro atoms. The molecule has 3 amide bonds. The zero-order valence-corrected chi connectivity index (χ0v) is 14.9. The van der Waals surface area contributed by atoms with Crippen molar-refractivity contribution in [2.75, 3.05) is 0 Å². The number of fused-ring (bicyclic) bond motifs is 1. The molecule has 6 nitrogen and oxygen atoms in total. The van der Waals surface area contributed by atoms with Crippen molar-refractivity contribution in [2.45, 2.75) is 56.5 Å². The fourth-order valence-electron chi connectivity index (χ4n) is 2.49. The number of primary amides is 1. The Labute approximate surface area is 146 Å². The lowest BCUT2D eigenvalue weighted by Gasteiger charge is -2.12. The minimum Gasteiger partial charge on any atom is -0.351 e. The third kappa shape index (κ3) is 4.74. The van der Waals surface area contributed by atoms with Crippen molar-refractivity contribution in [2.24, 2.45) is 5.73 Å². The number of imidazole rings is 1. The molecule has 0 bridgehead atoms. The van der Waals surface area contributed by atoms with Crippen molar-refractivity contribution in [3.8, 4) is 0 Å². The fourth-order valence-corrected chi connectivity index (χ4v) is 3.44. The first-order valence-electron chi connectivity index (χ1n) is 8.25. The molecule has 1 heterocycles. The zero-order chi connectivity index (χ0) is 17.5. The summed E-state index contributed by atoms with van der Waals surface area (Å²) in [5.74, 6) is -0.405. The van der Waals surface area contributed by atoms with Crippen LogP contribution in [-0.4, -0.2) is 26.7 Å². The molecule has 1 unspecified atom stereocenters. The maximum atomic E-state index is 11.9. The van der Waals surface area contributed by atoms with Crippen LogP contribution in [0.2, 0.25) is 0 Å². The van der Waals surface area contributed by atoms with E-state index in [-0.39, 0.29) is 0 Å². The van der Waals surface area contributed by atoms with Crippen LogP contribution in [0.3, 0.4) is 0 Å². The van der Waals surface area contributed by atoms with Gasteiger partial charge in [-0.15, -0.1) is 0 Å². The number of unbranched alkanes of at least 4 members (excludes halogenated alkanes) is 3. The summed E-state index contributed by atoms with van der Waals surface area (Å²) >= 11 is 1.34. The average molecular weight is 348 g/mol. The van der Waals surface area contributed by atoms with Crippen molar-refractivity contribution in [3.63, 3.8) is 0 Å². The maximum absolute atomic E-state index is 11.9. The number of nitrogens with one attached hydrogen (secondary N) is 1. The van der Waals surface area contributed by atoms with E-state index in [1.165, 1.54) is 31.0 Å². The monoisotopic (exact) mass is 348 g/mol. The molecule has 0 aliphatic carbocycles. The summed E-state index contributed by atoms with van der Waals surface area (Å²) in [5.41, 5.74) is 6.99. The number of rotatable bonds is 8. The number of imide groups is 1. The van der Waals surface area contributed by atoms with E-state index >= 15 is 0 Å². The van der Waals surface area contributed by atoms with Crippen molar-refractivity contribution < 1.29 is 9.59 Å². The number of para-hydroxylation sites is 2. The number of nitrogens with two attached hydrogens (primary N) is 1. The lowest BCUT2D eigenvalue weighted by Crippen LogP contribution is -2.39. The molecule has 1 atom stereocenters. The van der Waals surface area contributed by atoms with Crippen LogP contribution in [0.15, 0.2) is 29.4 Å². The van der Waals surface area contributed by atoms with E-state index in [1.807, 2.05) is 24.3 Å². The molecule has 1 aromatic heterocycles. The van der Waals surface area contributed by atoms with Gasteiger partial charge in [-0.1, -0.05) is 50.1 Å². The van der Waals surface area contributed by atoms with Crippen LogP contribution in [0, 0.1) is 0 Å². The smallest absolute Gasteiger partial charge is 0.318 e. The number of urea groups is 1. The van der Waals surface area contributed by atoms with Crippen LogP contribution >= 0.6 is 11.8 Å². The molecule has 2 rings (SSSR count). The van der Waals surface area contributed by atoms with Gasteiger partial charge in [-0.25, -0.2) is 9.78 Å². The standard InChI is InChI=1S/C17H24N4O2S/c1-3-4-5-8-11-21-14-10-7-6-9-13(14)19-17(21)24-12(2)15(22)20-16(18)23/h6-7,9-10,12H,3-5,8,11H2,1-2H3,(H3,18,20,22,23). The highest BCUT2D eigenvalue weighted by Crippen LogP contribution is 2.28. The lowest BCUT2D eigenvalue weighted by molar-refractivity contribution is -0.119. The first kappa shape index (κ1) is 18.3. The predicted molar refractivity (Wildman–Crippen MR) is 96.9 cm³/mol. The Hall–Kier alpha value is -2.02. The van der Waals surface area contributed by atoms with Gasteiger partial charge in [0.2, 0.25) is 5.91 Å². The Bertz CT molecular complexity index is 714. The molecular weight excluding hydrogens is 324 g/mol. The number of carbonyl (C=O) groups is 2. The molecule has 0 saturated carbocycles. The van der Waals surface area contributed by atoms with Gasteiger partial charge < -0.3 is 10.3 Å². The number of aryl methyl sites for hydroxylation is 1. The van der Waals surface area contributed by atoms with Gasteiger partial charge in [-0.2, -0.15) is 0 Å². The summed E-state index contributed by atoms with van der Waals surface area (Å²) in [5, 5.41) is 2.45. The molecule has 2 aromatic rings. The van der Waals surface area contributed by atoms with E-state index in [0.29, 0.717) is 0 Å². The molecule has 0 aliphatic heterocycles. The second kappa shape index (κ2) is 8.73. The summed E-state index contributed by atoms with van der Waals surface area (Å²) in [6.45, 7) is 4.80. The Kier molecular flexibility index (Phi) is 6.66. The van der Waals surface area contributed by atoms with Crippen LogP contribution in [0.5, 0.6) is 0 Å². The topological polar surface area (TPSA) is 90.0 Å². The summed E-state index contributed by atoms with van der Waals surface area (Å²) in [6.07, 6.45) is 4.65. The zero-order valence-electron chi connectivity index (χ0n) is 14.1. The molecule has 0 radical (unpaired) electrons. The number of hydrogen-bond acceptors (Lipinski definition) is 4. The van der Waals surface area contributed by atoms with E-state index in [0.717, 1.165) is 29.2 Å². The van der Waals surface area contributed by atoms with Gasteiger partial charge in [-0.3, -0.25) is 10.1 Å². The van der Waals surface area contributed by atoms with Gasteiger partial charge in [0.1, 0.15) is 0 Å². The Morgan fingerprint density at radius 2 is 2.04 bits per heavy atom.